The van der Waals surface area contributed by atoms with E-state index in [1.54, 1.807) is 0 Å². The van der Waals surface area contributed by atoms with Crippen molar-refractivity contribution in [3.63, 3.8) is 0 Å². The largest absolute Gasteiger partial charge is 0.466 e. The Morgan fingerprint density at radius 3 is 1.20 bits per heavy atom. The van der Waals surface area contributed by atoms with Crippen molar-refractivity contribution >= 4 is 7.82 Å². The van der Waals surface area contributed by atoms with Crippen LogP contribution in [0.5, 0.6) is 0 Å². The maximum absolute atomic E-state index is 8.88. The van der Waals surface area contributed by atoms with Crippen LogP contribution in [0.2, 0.25) is 0 Å². The molecule has 5 heteroatoms. The van der Waals surface area contributed by atoms with Gasteiger partial charge in [-0.05, 0) is 0 Å². The van der Waals surface area contributed by atoms with Crippen molar-refractivity contribution in [2.24, 2.45) is 0 Å². The fourth-order valence-electron chi connectivity index (χ4n) is 0. The van der Waals surface area contributed by atoms with Crippen molar-refractivity contribution in [3.05, 3.63) is 0 Å². The highest BCUT2D eigenvalue weighted by atomic mass is 33.2. The van der Waals surface area contributed by atoms with Gasteiger partial charge in [-0.2, -0.15) is 0 Å². The summed E-state index contributed by atoms with van der Waals surface area (Å²) < 4.78 is 8.88. The van der Waals surface area contributed by atoms with E-state index in [4.69, 9.17) is 19.2 Å². The maximum atomic E-state index is 8.88. The molecule has 0 spiro atoms. The van der Waals surface area contributed by atoms with Crippen LogP contribution in [0, 0.1) is 0 Å². The van der Waals surface area contributed by atoms with Crippen LogP contribution in [-0.2, 0) is 4.57 Å². The molecular weight excluding hydrogens is 97.0 g/mol. The summed E-state index contributed by atoms with van der Waals surface area (Å²) in [5.74, 6) is 0. The lowest BCUT2D eigenvalue weighted by atomic mass is 15.8. The summed E-state index contributed by atoms with van der Waals surface area (Å²) in [4.78, 5) is 21.6. The van der Waals surface area contributed by atoms with Gasteiger partial charge in [0.15, 0.2) is 0 Å². The molecule has 0 bridgehead atoms. The van der Waals surface area contributed by atoms with E-state index in [0.717, 1.165) is 0 Å². The van der Waals surface area contributed by atoms with Gasteiger partial charge >= 0.3 is 7.82 Å². The van der Waals surface area contributed by atoms with Crippen molar-refractivity contribution < 1.29 is 19.2 Å². The van der Waals surface area contributed by atoms with E-state index in [-0.39, 0.29) is 0 Å². The van der Waals surface area contributed by atoms with E-state index in [0.29, 0.717) is 0 Å². The van der Waals surface area contributed by atoms with E-state index in [2.05, 4.69) is 0 Å². The lowest BCUT2D eigenvalue weighted by Crippen LogP contribution is -1.66. The molecule has 0 aromatic heterocycles. The fraction of sp³-hybridized carbons (Fsp3) is 0. The number of hydrogen-bond acceptors (Lipinski definition) is 1. The van der Waals surface area contributed by atoms with Crippen LogP contribution in [0.1, 0.15) is 0 Å². The van der Waals surface area contributed by atoms with Gasteiger partial charge in [0, 0.05) is 0 Å². The summed E-state index contributed by atoms with van der Waals surface area (Å²) >= 11 is 0. The molecule has 0 aliphatic carbocycles. The summed E-state index contributed by atoms with van der Waals surface area (Å²) in [7, 11) is -4.64. The van der Waals surface area contributed by atoms with Gasteiger partial charge in [-0.15, -0.1) is 0 Å². The summed E-state index contributed by atoms with van der Waals surface area (Å²) in [5, 5.41) is 0. The van der Waals surface area contributed by atoms with Crippen LogP contribution < -0.4 is 0 Å². The lowest BCUT2D eigenvalue weighted by Gasteiger charge is -1.82. The normalized spacial score (nSPS) is 11.8. The van der Waals surface area contributed by atoms with Crippen LogP contribution in [0.3, 0.4) is 0 Å². The number of hydrogen-bond donors (Lipinski definition) is 3. The van der Waals surface area contributed by atoms with Gasteiger partial charge in [-0.25, -0.2) is 4.57 Å². The monoisotopic (exact) mass is 100.0 g/mol. The van der Waals surface area contributed by atoms with Crippen LogP contribution in [0.4, 0.5) is 0 Å². The van der Waals surface area contributed by atoms with Gasteiger partial charge in [0.2, 0.25) is 0 Å². The highest BCUT2D eigenvalue weighted by Crippen LogP contribution is 2.25. The Bertz CT molecular complexity index is 49.8. The standard InChI is InChI=1S/H3O4P/c1-5(2,3)4/h(H3,1,2,3,4)/i5+2. The zero-order chi connectivity index (χ0) is 4.50. The van der Waals surface area contributed by atoms with Gasteiger partial charge in [0.05, 0.1) is 0 Å². The van der Waals surface area contributed by atoms with E-state index >= 15 is 0 Å². The molecule has 0 amide bonds. The molecule has 5 heavy (non-hydrogen) atoms. The second-order valence-electron chi connectivity index (χ2n) is 0.513. The molecule has 32 valence electrons. The average molecular weight is 100.0 g/mol. The number of phosphoric acid groups is 1. The quantitative estimate of drug-likeness (QED) is 0.344. The molecule has 4 nitrogen and oxygen atoms in total. The smallest absolute Gasteiger partial charge is 0.303 e. The van der Waals surface area contributed by atoms with Gasteiger partial charge < -0.3 is 14.7 Å². The third-order valence-electron chi connectivity index (χ3n) is 0. The molecule has 0 atom stereocenters. The average Bonchev–Trinajstić information content (AvgIpc) is 0.722. The van der Waals surface area contributed by atoms with Crippen molar-refractivity contribution in [3.8, 4) is 0 Å². The summed E-state index contributed by atoms with van der Waals surface area (Å²) in [6, 6.07) is 0. The van der Waals surface area contributed by atoms with Gasteiger partial charge in [-0.1, -0.05) is 0 Å². The molecular formula is H3O4P. The first-order valence-corrected chi connectivity index (χ1v) is 2.35. The van der Waals surface area contributed by atoms with Crippen LogP contribution in [0.15, 0.2) is 0 Å². The molecule has 0 aliphatic rings. The van der Waals surface area contributed by atoms with Crippen LogP contribution in [0.25, 0.3) is 0 Å². The Morgan fingerprint density at radius 2 is 1.20 bits per heavy atom. The first-order chi connectivity index (χ1) is 2.00. The molecule has 0 fully saturated rings. The maximum Gasteiger partial charge on any atom is 0.466 e. The van der Waals surface area contributed by atoms with E-state index in [1.165, 1.54) is 0 Å². The van der Waals surface area contributed by atoms with Crippen molar-refractivity contribution in [1.82, 2.24) is 0 Å². The lowest BCUT2D eigenvalue weighted by molar-refractivity contribution is 0.275. The minimum absolute atomic E-state index is 4.64. The third-order valence-corrected chi connectivity index (χ3v) is 0. The first kappa shape index (κ1) is 5.11. The zero-order valence-electron chi connectivity index (χ0n) is 2.20. The molecule has 0 heterocycles. The molecule has 0 aliphatic heterocycles. The molecule has 0 aromatic rings. The Morgan fingerprint density at radius 1 is 1.20 bits per heavy atom. The number of rotatable bonds is 0. The van der Waals surface area contributed by atoms with Crippen LogP contribution in [-0.4, -0.2) is 14.7 Å². The predicted molar refractivity (Wildman–Crippen MR) is 14.3 cm³/mol. The van der Waals surface area contributed by atoms with Gasteiger partial charge in [0.25, 0.3) is 0 Å². The van der Waals surface area contributed by atoms with Crippen molar-refractivity contribution in [2.45, 2.75) is 0 Å². The van der Waals surface area contributed by atoms with Gasteiger partial charge in [0.1, 0.15) is 0 Å². The topological polar surface area (TPSA) is 77.8 Å². The van der Waals surface area contributed by atoms with E-state index in [1.807, 2.05) is 0 Å². The molecule has 0 radical (unpaired) electrons. The Kier molecular flexibility index (Phi) is 1.09. The summed E-state index contributed by atoms with van der Waals surface area (Å²) in [5.41, 5.74) is 0. The molecule has 0 rings (SSSR count). The highest BCUT2D eigenvalue weighted by molar-refractivity contribution is 7.45. The second-order valence-corrected chi connectivity index (χ2v) is 1.54. The molecule has 3 N–H and O–H groups in total. The minimum atomic E-state index is -4.64. The van der Waals surface area contributed by atoms with Crippen molar-refractivity contribution in [1.29, 1.82) is 0 Å². The Balaban J connectivity index is 3.47. The fourth-order valence-corrected chi connectivity index (χ4v) is 0. The van der Waals surface area contributed by atoms with Gasteiger partial charge in [-0.3, -0.25) is 0 Å². The molecule has 0 aromatic carbocycles. The minimum Gasteiger partial charge on any atom is -0.303 e. The Hall–Kier alpha value is 0.110. The first-order valence-electron chi connectivity index (χ1n) is 0.783. The predicted octanol–water partition coefficient (Wildman–Crippen LogP) is -0.929. The van der Waals surface area contributed by atoms with Crippen molar-refractivity contribution in [2.75, 3.05) is 0 Å². The third kappa shape index (κ3) is 1510. The van der Waals surface area contributed by atoms with E-state index in [9.17, 15) is 0 Å². The molecule has 0 saturated heterocycles. The summed E-state index contributed by atoms with van der Waals surface area (Å²) in [6.45, 7) is 0. The van der Waals surface area contributed by atoms with E-state index < -0.39 is 7.82 Å². The Labute approximate surface area is 28.3 Å². The highest BCUT2D eigenvalue weighted by Gasteiger charge is 2.00. The summed E-state index contributed by atoms with van der Waals surface area (Å²) in [6.07, 6.45) is 0. The zero-order valence-corrected chi connectivity index (χ0v) is 3.09. The molecule has 0 unspecified atom stereocenters. The molecule has 0 saturated carbocycles. The van der Waals surface area contributed by atoms with Crippen LogP contribution >= 0.6 is 7.82 Å². The SMILES string of the molecule is O=[33P](O)(O)O. The second kappa shape index (κ2) is 1.06.